The summed E-state index contributed by atoms with van der Waals surface area (Å²) < 4.78 is 26.4. The van der Waals surface area contributed by atoms with Crippen LogP contribution in [0.25, 0.3) is 0 Å². The van der Waals surface area contributed by atoms with Gasteiger partial charge in [0, 0.05) is 17.6 Å². The minimum Gasteiger partial charge on any atom is -0.271 e. The molecule has 0 aliphatic rings. The monoisotopic (exact) mass is 229 g/mol. The van der Waals surface area contributed by atoms with Crippen LogP contribution in [0.5, 0.6) is 0 Å². The van der Waals surface area contributed by atoms with Crippen molar-refractivity contribution < 1.29 is 8.42 Å². The fourth-order valence-electron chi connectivity index (χ4n) is 1.21. The van der Waals surface area contributed by atoms with Crippen LogP contribution in [-0.2, 0) is 16.6 Å². The first kappa shape index (κ1) is 11.9. The maximum absolute atomic E-state index is 11.1. The van der Waals surface area contributed by atoms with Crippen molar-refractivity contribution in [1.82, 2.24) is 14.5 Å². The Labute approximate surface area is 89.8 Å². The van der Waals surface area contributed by atoms with Gasteiger partial charge in [0.1, 0.15) is 0 Å². The molecule has 6 heteroatoms. The van der Waals surface area contributed by atoms with Crippen LogP contribution in [0.15, 0.2) is 24.4 Å². The van der Waals surface area contributed by atoms with E-state index in [1.54, 1.807) is 17.8 Å². The van der Waals surface area contributed by atoms with Crippen LogP contribution in [0.4, 0.5) is 0 Å². The Bertz CT molecular complexity index is 436. The fraction of sp³-hybridized carbons (Fsp3) is 0.444. The molecule has 0 amide bonds. The maximum atomic E-state index is 11.1. The summed E-state index contributed by atoms with van der Waals surface area (Å²) in [7, 11) is -3.36. The first-order chi connectivity index (χ1) is 6.93. The Hall–Kier alpha value is -1.14. The van der Waals surface area contributed by atoms with Crippen LogP contribution in [0.3, 0.4) is 0 Å². The standard InChI is InChI=1S/C9H15N3O2S/c1-4-15(13,14)11-9(3)7-12-6-8(2)5-10-12/h4-6,9,11H,1,7H2,2-3H3. The quantitative estimate of drug-likeness (QED) is 0.806. The summed E-state index contributed by atoms with van der Waals surface area (Å²) in [5.74, 6) is 0. The number of rotatable bonds is 5. The maximum Gasteiger partial charge on any atom is 0.233 e. The van der Waals surface area contributed by atoms with Crippen molar-refractivity contribution in [2.24, 2.45) is 0 Å². The van der Waals surface area contributed by atoms with Crippen LogP contribution in [0.2, 0.25) is 0 Å². The van der Waals surface area contributed by atoms with Gasteiger partial charge in [-0.1, -0.05) is 6.58 Å². The summed E-state index contributed by atoms with van der Waals surface area (Å²) >= 11 is 0. The number of nitrogens with one attached hydrogen (secondary N) is 1. The molecule has 1 unspecified atom stereocenters. The van der Waals surface area contributed by atoms with Crippen molar-refractivity contribution in [2.45, 2.75) is 26.4 Å². The number of nitrogens with zero attached hydrogens (tertiary/aromatic N) is 2. The van der Waals surface area contributed by atoms with Gasteiger partial charge >= 0.3 is 0 Å². The second kappa shape index (κ2) is 4.59. The second-order valence-corrected chi connectivity index (χ2v) is 5.13. The smallest absolute Gasteiger partial charge is 0.233 e. The van der Waals surface area contributed by atoms with E-state index < -0.39 is 10.0 Å². The van der Waals surface area contributed by atoms with Gasteiger partial charge in [-0.05, 0) is 19.4 Å². The Kier molecular flexibility index (Phi) is 3.65. The van der Waals surface area contributed by atoms with Crippen molar-refractivity contribution in [3.63, 3.8) is 0 Å². The van der Waals surface area contributed by atoms with E-state index >= 15 is 0 Å². The number of aromatic nitrogens is 2. The van der Waals surface area contributed by atoms with Gasteiger partial charge in [-0.15, -0.1) is 0 Å². The molecule has 0 spiro atoms. The lowest BCUT2D eigenvalue weighted by Gasteiger charge is -2.11. The van der Waals surface area contributed by atoms with Gasteiger partial charge in [-0.25, -0.2) is 13.1 Å². The van der Waals surface area contributed by atoms with Gasteiger partial charge in [-0.2, -0.15) is 5.10 Å². The minimum atomic E-state index is -3.36. The molecule has 0 aromatic carbocycles. The molecular weight excluding hydrogens is 214 g/mol. The third-order valence-corrected chi connectivity index (χ3v) is 2.98. The summed E-state index contributed by atoms with van der Waals surface area (Å²) in [5, 5.41) is 4.97. The zero-order valence-corrected chi connectivity index (χ0v) is 9.66. The van der Waals surface area contributed by atoms with Crippen molar-refractivity contribution in [3.05, 3.63) is 29.9 Å². The van der Waals surface area contributed by atoms with E-state index in [1.165, 1.54) is 0 Å². The molecule has 0 bridgehead atoms. The SMILES string of the molecule is C=CS(=O)(=O)NC(C)Cn1cc(C)cn1. The normalized spacial score (nSPS) is 13.7. The average Bonchev–Trinajstić information content (AvgIpc) is 2.50. The third kappa shape index (κ3) is 3.85. The Balaban J connectivity index is 2.57. The molecule has 1 aromatic heterocycles. The molecular formula is C9H15N3O2S. The van der Waals surface area contributed by atoms with Gasteiger partial charge in [-0.3, -0.25) is 4.68 Å². The van der Waals surface area contributed by atoms with Gasteiger partial charge in [0.15, 0.2) is 0 Å². The molecule has 0 fully saturated rings. The first-order valence-corrected chi connectivity index (χ1v) is 6.11. The summed E-state index contributed by atoms with van der Waals surface area (Å²) in [6, 6.07) is -0.215. The highest BCUT2D eigenvalue weighted by Crippen LogP contribution is 1.98. The highest BCUT2D eigenvalue weighted by atomic mass is 32.2. The van der Waals surface area contributed by atoms with Gasteiger partial charge in [0.2, 0.25) is 10.0 Å². The Morgan fingerprint density at radius 1 is 1.73 bits per heavy atom. The molecule has 15 heavy (non-hydrogen) atoms. The molecule has 5 nitrogen and oxygen atoms in total. The summed E-state index contributed by atoms with van der Waals surface area (Å²) in [6.45, 7) is 7.43. The molecule has 0 aliphatic heterocycles. The van der Waals surface area contributed by atoms with Gasteiger partial charge < -0.3 is 0 Å². The third-order valence-electron chi connectivity index (χ3n) is 1.81. The molecule has 1 aromatic rings. The first-order valence-electron chi connectivity index (χ1n) is 4.57. The van der Waals surface area contributed by atoms with Crippen LogP contribution in [0.1, 0.15) is 12.5 Å². The van der Waals surface area contributed by atoms with Crippen molar-refractivity contribution >= 4 is 10.0 Å². The van der Waals surface area contributed by atoms with Crippen LogP contribution in [0, 0.1) is 6.92 Å². The predicted molar refractivity (Wildman–Crippen MR) is 58.7 cm³/mol. The largest absolute Gasteiger partial charge is 0.271 e. The molecule has 0 aliphatic carbocycles. The van der Waals surface area contributed by atoms with E-state index in [2.05, 4.69) is 16.4 Å². The van der Waals surface area contributed by atoms with E-state index in [4.69, 9.17) is 0 Å². The van der Waals surface area contributed by atoms with Crippen molar-refractivity contribution in [1.29, 1.82) is 0 Å². The number of sulfonamides is 1. The van der Waals surface area contributed by atoms with Crippen LogP contribution < -0.4 is 4.72 Å². The molecule has 0 saturated heterocycles. The van der Waals surface area contributed by atoms with Gasteiger partial charge in [0.25, 0.3) is 0 Å². The molecule has 84 valence electrons. The zero-order valence-electron chi connectivity index (χ0n) is 8.84. The molecule has 0 radical (unpaired) electrons. The topological polar surface area (TPSA) is 64.0 Å². The number of hydrogen-bond donors (Lipinski definition) is 1. The number of aryl methyl sites for hydroxylation is 1. The highest BCUT2D eigenvalue weighted by molar-refractivity contribution is 7.92. The highest BCUT2D eigenvalue weighted by Gasteiger charge is 2.10. The summed E-state index contributed by atoms with van der Waals surface area (Å²) in [4.78, 5) is 0. The van der Waals surface area contributed by atoms with Crippen molar-refractivity contribution in [2.75, 3.05) is 0 Å². The van der Waals surface area contributed by atoms with Crippen molar-refractivity contribution in [3.8, 4) is 0 Å². The van der Waals surface area contributed by atoms with E-state index in [1.807, 2.05) is 13.1 Å². The van der Waals surface area contributed by atoms with Gasteiger partial charge in [0.05, 0.1) is 12.7 Å². The molecule has 1 rings (SSSR count). The van der Waals surface area contributed by atoms with E-state index in [0.717, 1.165) is 11.0 Å². The lowest BCUT2D eigenvalue weighted by Crippen LogP contribution is -2.34. The van der Waals surface area contributed by atoms with E-state index in [-0.39, 0.29) is 6.04 Å². The minimum absolute atomic E-state index is 0.215. The Morgan fingerprint density at radius 3 is 2.87 bits per heavy atom. The molecule has 1 atom stereocenters. The summed E-state index contributed by atoms with van der Waals surface area (Å²) in [5.41, 5.74) is 1.05. The number of hydrogen-bond acceptors (Lipinski definition) is 3. The lowest BCUT2D eigenvalue weighted by molar-refractivity contribution is 0.497. The van der Waals surface area contributed by atoms with Crippen LogP contribution in [-0.4, -0.2) is 24.2 Å². The fourth-order valence-corrected chi connectivity index (χ4v) is 1.94. The van der Waals surface area contributed by atoms with Crippen LogP contribution >= 0.6 is 0 Å². The Morgan fingerprint density at radius 2 is 2.40 bits per heavy atom. The second-order valence-electron chi connectivity index (χ2n) is 3.47. The van der Waals surface area contributed by atoms with E-state index in [0.29, 0.717) is 6.54 Å². The zero-order chi connectivity index (χ0) is 11.5. The predicted octanol–water partition coefficient (Wildman–Crippen LogP) is 0.643. The summed E-state index contributed by atoms with van der Waals surface area (Å²) in [6.07, 6.45) is 3.59. The molecule has 1 heterocycles. The molecule has 1 N–H and O–H groups in total. The molecule has 0 saturated carbocycles. The van der Waals surface area contributed by atoms with E-state index in [9.17, 15) is 8.42 Å². The lowest BCUT2D eigenvalue weighted by atomic mass is 10.4. The average molecular weight is 229 g/mol.